The van der Waals surface area contributed by atoms with Gasteiger partial charge in [0.05, 0.1) is 5.69 Å². The van der Waals surface area contributed by atoms with Crippen molar-refractivity contribution in [1.82, 2.24) is 9.13 Å². The first kappa shape index (κ1) is 30.6. The van der Waals surface area contributed by atoms with E-state index in [-0.39, 0.29) is 33.0 Å². The summed E-state index contributed by atoms with van der Waals surface area (Å²) in [6, 6.07) is 25.8. The largest absolute Gasteiger partial charge is 0.456 e. The molecule has 0 spiro atoms. The minimum absolute atomic E-state index is 0.131. The van der Waals surface area contributed by atoms with E-state index in [1.54, 1.807) is 30.3 Å². The van der Waals surface area contributed by atoms with E-state index in [1.807, 2.05) is 63.2 Å². The van der Waals surface area contributed by atoms with Crippen molar-refractivity contribution >= 4 is 21.5 Å². The maximum absolute atomic E-state index is 14.5. The quantitative estimate of drug-likeness (QED) is 0.191. The lowest BCUT2D eigenvalue weighted by Crippen LogP contribution is -2.24. The summed E-state index contributed by atoms with van der Waals surface area (Å²) in [4.78, 5) is 56.5. The SMILES string of the molecule is Cc1ccc(Oc2c3c(=O)n(C)c(=O)c3c(Oc3ccc(C)cc3)c3c(=O)n(-c4ccc(-c5ccc(C)c(C)c5)cc4C)c(=O)c23)cc1. The lowest BCUT2D eigenvalue weighted by molar-refractivity contribution is 0.485. The van der Waals surface area contributed by atoms with Crippen molar-refractivity contribution in [3.63, 3.8) is 0 Å². The van der Waals surface area contributed by atoms with Gasteiger partial charge in [0.25, 0.3) is 22.2 Å². The Kier molecular flexibility index (Phi) is 7.24. The second-order valence-electron chi connectivity index (χ2n) is 12.4. The van der Waals surface area contributed by atoms with Gasteiger partial charge in [-0.2, -0.15) is 0 Å². The molecule has 0 aliphatic rings. The minimum Gasteiger partial charge on any atom is -0.456 e. The molecule has 8 nitrogen and oxygen atoms in total. The van der Waals surface area contributed by atoms with Gasteiger partial charge in [0.15, 0.2) is 11.5 Å². The normalized spacial score (nSPS) is 11.5. The van der Waals surface area contributed by atoms with Gasteiger partial charge < -0.3 is 9.47 Å². The molecular formula is C40H32N2O6. The highest BCUT2D eigenvalue weighted by molar-refractivity contribution is 6.11. The molecule has 0 saturated carbocycles. The van der Waals surface area contributed by atoms with Gasteiger partial charge in [0, 0.05) is 7.05 Å². The van der Waals surface area contributed by atoms with E-state index in [2.05, 4.69) is 26.0 Å². The fourth-order valence-electron chi connectivity index (χ4n) is 6.14. The molecule has 238 valence electrons. The summed E-state index contributed by atoms with van der Waals surface area (Å²) in [6.45, 7) is 9.77. The monoisotopic (exact) mass is 636 g/mol. The topological polar surface area (TPSA) is 96.6 Å². The van der Waals surface area contributed by atoms with Crippen LogP contribution in [0.4, 0.5) is 0 Å². The Bertz CT molecular complexity index is 2510. The number of ether oxygens (including phenoxy) is 2. The highest BCUT2D eigenvalue weighted by atomic mass is 16.5. The van der Waals surface area contributed by atoms with Crippen LogP contribution in [-0.4, -0.2) is 9.13 Å². The van der Waals surface area contributed by atoms with Crippen molar-refractivity contribution in [2.45, 2.75) is 34.6 Å². The Morgan fingerprint density at radius 2 is 0.875 bits per heavy atom. The van der Waals surface area contributed by atoms with Gasteiger partial charge in [-0.25, -0.2) is 4.57 Å². The number of benzene rings is 5. The molecule has 0 radical (unpaired) electrons. The van der Waals surface area contributed by atoms with Gasteiger partial charge in [-0.15, -0.1) is 0 Å². The molecule has 2 heterocycles. The van der Waals surface area contributed by atoms with E-state index in [4.69, 9.17) is 9.47 Å². The molecule has 7 aromatic rings. The lowest BCUT2D eigenvalue weighted by atomic mass is 9.98. The fourth-order valence-corrected chi connectivity index (χ4v) is 6.14. The standard InChI is InChI=1S/C40H32N2O6/c1-21-7-14-28(15-8-21)47-35-31-32(38(44)41(6)37(31)43)36(48-29-16-9-22(2)10-17-29)34-33(35)39(45)42(40(34)46)30-18-13-27(20-25(30)5)26-12-11-23(3)24(4)19-26/h7-20H,1-6H3. The van der Waals surface area contributed by atoms with Crippen molar-refractivity contribution in [1.29, 1.82) is 0 Å². The third-order valence-electron chi connectivity index (χ3n) is 9.04. The molecule has 8 heteroatoms. The maximum Gasteiger partial charge on any atom is 0.270 e. The number of nitrogens with zero attached hydrogens (tertiary/aromatic N) is 2. The highest BCUT2D eigenvalue weighted by Gasteiger charge is 2.32. The van der Waals surface area contributed by atoms with Crippen molar-refractivity contribution in [2.24, 2.45) is 7.05 Å². The molecule has 48 heavy (non-hydrogen) atoms. The summed E-state index contributed by atoms with van der Waals surface area (Å²) in [5.74, 6) is 0.348. The molecule has 5 aromatic carbocycles. The Morgan fingerprint density at radius 3 is 1.31 bits per heavy atom. The molecule has 0 atom stereocenters. The van der Waals surface area contributed by atoms with Gasteiger partial charge in [0.2, 0.25) is 0 Å². The molecule has 0 saturated heterocycles. The molecule has 0 bridgehead atoms. The van der Waals surface area contributed by atoms with Crippen LogP contribution in [0.5, 0.6) is 23.0 Å². The van der Waals surface area contributed by atoms with Crippen LogP contribution in [-0.2, 0) is 7.05 Å². The Morgan fingerprint density at radius 1 is 0.458 bits per heavy atom. The number of hydrogen-bond donors (Lipinski definition) is 0. The van der Waals surface area contributed by atoms with E-state index in [0.29, 0.717) is 22.7 Å². The summed E-state index contributed by atoms with van der Waals surface area (Å²) in [6.07, 6.45) is 0. The first-order chi connectivity index (χ1) is 22.9. The molecular weight excluding hydrogens is 604 g/mol. The molecule has 0 aliphatic carbocycles. The number of hydrogen-bond acceptors (Lipinski definition) is 6. The third-order valence-corrected chi connectivity index (χ3v) is 9.04. The molecule has 0 aliphatic heterocycles. The van der Waals surface area contributed by atoms with E-state index in [9.17, 15) is 19.2 Å². The zero-order valence-electron chi connectivity index (χ0n) is 27.4. The molecule has 0 fully saturated rings. The van der Waals surface area contributed by atoms with Gasteiger partial charge in [-0.1, -0.05) is 59.7 Å². The zero-order chi connectivity index (χ0) is 34.0. The van der Waals surface area contributed by atoms with Crippen LogP contribution in [0.15, 0.2) is 104 Å². The molecule has 0 N–H and O–H groups in total. The molecule has 7 rings (SSSR count). The predicted molar refractivity (Wildman–Crippen MR) is 189 cm³/mol. The number of fused-ring (bicyclic) bond motifs is 2. The average molecular weight is 637 g/mol. The van der Waals surface area contributed by atoms with Gasteiger partial charge >= 0.3 is 0 Å². The first-order valence-corrected chi connectivity index (χ1v) is 15.6. The van der Waals surface area contributed by atoms with E-state index < -0.39 is 22.2 Å². The molecule has 2 aromatic heterocycles. The third kappa shape index (κ3) is 4.84. The van der Waals surface area contributed by atoms with E-state index in [1.165, 1.54) is 12.6 Å². The number of aromatic nitrogens is 2. The summed E-state index contributed by atoms with van der Waals surface area (Å²) in [5.41, 5.74) is 4.56. The maximum atomic E-state index is 14.5. The van der Waals surface area contributed by atoms with Crippen molar-refractivity contribution in [2.75, 3.05) is 0 Å². The number of rotatable bonds is 6. The molecule has 0 amide bonds. The van der Waals surface area contributed by atoms with Crippen molar-refractivity contribution < 1.29 is 9.47 Å². The summed E-state index contributed by atoms with van der Waals surface area (Å²) in [7, 11) is 1.34. The minimum atomic E-state index is -0.689. The van der Waals surface area contributed by atoms with Crippen molar-refractivity contribution in [3.05, 3.63) is 154 Å². The zero-order valence-corrected chi connectivity index (χ0v) is 27.4. The average Bonchev–Trinajstić information content (AvgIpc) is 3.46. The summed E-state index contributed by atoms with van der Waals surface area (Å²) < 4.78 is 14.6. The summed E-state index contributed by atoms with van der Waals surface area (Å²) in [5, 5.41) is -0.548. The predicted octanol–water partition coefficient (Wildman–Crippen LogP) is 7.23. The van der Waals surface area contributed by atoms with Gasteiger partial charge in [-0.05, 0) is 98.8 Å². The van der Waals surface area contributed by atoms with E-state index in [0.717, 1.165) is 37.0 Å². The van der Waals surface area contributed by atoms with Crippen LogP contribution in [0, 0.1) is 34.6 Å². The van der Waals surface area contributed by atoms with Crippen LogP contribution in [0.1, 0.15) is 27.8 Å². The second-order valence-corrected chi connectivity index (χ2v) is 12.4. The van der Waals surface area contributed by atoms with Crippen molar-refractivity contribution in [3.8, 4) is 39.8 Å². The first-order valence-electron chi connectivity index (χ1n) is 15.6. The Hall–Kier alpha value is -6.02. The Balaban J connectivity index is 1.56. The van der Waals surface area contributed by atoms with Gasteiger partial charge in [-0.3, -0.25) is 23.7 Å². The lowest BCUT2D eigenvalue weighted by Gasteiger charge is -2.12. The van der Waals surface area contributed by atoms with Crippen LogP contribution < -0.4 is 31.7 Å². The second kappa shape index (κ2) is 11.3. The van der Waals surface area contributed by atoms with Crippen LogP contribution in [0.25, 0.3) is 38.4 Å². The van der Waals surface area contributed by atoms with Gasteiger partial charge in [0.1, 0.15) is 33.0 Å². The van der Waals surface area contributed by atoms with Crippen LogP contribution in [0.3, 0.4) is 0 Å². The van der Waals surface area contributed by atoms with Crippen LogP contribution >= 0.6 is 0 Å². The van der Waals surface area contributed by atoms with Crippen LogP contribution in [0.2, 0.25) is 0 Å². The number of aryl methyl sites for hydroxylation is 5. The fraction of sp³-hybridized carbons (Fsp3) is 0.150. The summed E-state index contributed by atoms with van der Waals surface area (Å²) >= 11 is 0. The smallest absolute Gasteiger partial charge is 0.270 e. The Labute approximate surface area is 275 Å². The van der Waals surface area contributed by atoms with E-state index >= 15 is 0 Å². The molecule has 0 unspecified atom stereocenters. The highest BCUT2D eigenvalue weighted by Crippen LogP contribution is 2.42.